The zero-order valence-corrected chi connectivity index (χ0v) is 14.7. The summed E-state index contributed by atoms with van der Waals surface area (Å²) in [6.45, 7) is 13.8. The molecule has 0 aromatic carbocycles. The molecule has 0 aliphatic heterocycles. The van der Waals surface area contributed by atoms with Gasteiger partial charge in [0.25, 0.3) is 0 Å². The van der Waals surface area contributed by atoms with Gasteiger partial charge in [0.2, 0.25) is 0 Å². The molecule has 0 bridgehead atoms. The number of aldehydes is 1. The molecule has 2 aliphatic carbocycles. The Bertz CT molecular complexity index is 303. The predicted molar refractivity (Wildman–Crippen MR) is 87.8 cm³/mol. The highest BCUT2D eigenvalue weighted by molar-refractivity contribution is 5.55. The van der Waals surface area contributed by atoms with Crippen LogP contribution in [0.1, 0.15) is 86.5 Å². The maximum atomic E-state index is 10.8. The summed E-state index contributed by atoms with van der Waals surface area (Å²) in [4.78, 5) is 10.8. The SMILES string of the molecule is CC1CCCC(C)(C)C1.CC1CCCC(C)(C)C1C=O. The van der Waals surface area contributed by atoms with Gasteiger partial charge < -0.3 is 4.79 Å². The van der Waals surface area contributed by atoms with Gasteiger partial charge in [-0.25, -0.2) is 0 Å². The first kappa shape index (κ1) is 17.7. The van der Waals surface area contributed by atoms with E-state index in [4.69, 9.17) is 0 Å². The van der Waals surface area contributed by atoms with Crippen LogP contribution >= 0.6 is 0 Å². The van der Waals surface area contributed by atoms with Crippen LogP contribution in [-0.2, 0) is 4.79 Å². The molecule has 20 heavy (non-hydrogen) atoms. The van der Waals surface area contributed by atoms with Gasteiger partial charge in [-0.3, -0.25) is 0 Å². The third kappa shape index (κ3) is 5.22. The number of hydrogen-bond acceptors (Lipinski definition) is 1. The normalized spacial score (nSPS) is 35.6. The van der Waals surface area contributed by atoms with Crippen LogP contribution in [0.5, 0.6) is 0 Å². The topological polar surface area (TPSA) is 17.1 Å². The molecule has 0 aromatic heterocycles. The van der Waals surface area contributed by atoms with Gasteiger partial charge >= 0.3 is 0 Å². The summed E-state index contributed by atoms with van der Waals surface area (Å²) in [6.07, 6.45) is 10.7. The Balaban J connectivity index is 0.000000204. The highest BCUT2D eigenvalue weighted by atomic mass is 16.1. The second kappa shape index (κ2) is 7.09. The van der Waals surface area contributed by atoms with E-state index in [0.29, 0.717) is 11.3 Å². The summed E-state index contributed by atoms with van der Waals surface area (Å²) in [7, 11) is 0. The molecule has 3 atom stereocenters. The third-order valence-corrected chi connectivity index (χ3v) is 5.59. The van der Waals surface area contributed by atoms with Crippen LogP contribution in [0.2, 0.25) is 0 Å². The smallest absolute Gasteiger partial charge is 0.123 e. The van der Waals surface area contributed by atoms with Gasteiger partial charge in [0.1, 0.15) is 6.29 Å². The van der Waals surface area contributed by atoms with Crippen molar-refractivity contribution in [2.24, 2.45) is 28.6 Å². The number of rotatable bonds is 1. The van der Waals surface area contributed by atoms with Crippen LogP contribution in [0.25, 0.3) is 0 Å². The van der Waals surface area contributed by atoms with Crippen molar-refractivity contribution in [3.05, 3.63) is 0 Å². The number of carbonyl (C=O) groups excluding carboxylic acids is 1. The first-order valence-corrected chi connectivity index (χ1v) is 8.63. The molecule has 1 heteroatoms. The summed E-state index contributed by atoms with van der Waals surface area (Å²) in [6, 6.07) is 0. The monoisotopic (exact) mass is 280 g/mol. The fourth-order valence-electron chi connectivity index (χ4n) is 4.39. The van der Waals surface area contributed by atoms with Crippen molar-refractivity contribution in [1.82, 2.24) is 0 Å². The first-order valence-electron chi connectivity index (χ1n) is 8.63. The molecular formula is C19H36O. The zero-order chi connectivity index (χ0) is 15.4. The van der Waals surface area contributed by atoms with Crippen molar-refractivity contribution < 1.29 is 4.79 Å². The minimum atomic E-state index is 0.249. The molecule has 0 aromatic rings. The quantitative estimate of drug-likeness (QED) is 0.549. The lowest BCUT2D eigenvalue weighted by Crippen LogP contribution is -2.34. The Morgan fingerprint density at radius 3 is 1.90 bits per heavy atom. The van der Waals surface area contributed by atoms with E-state index in [9.17, 15) is 4.79 Å². The molecule has 0 heterocycles. The van der Waals surface area contributed by atoms with Crippen molar-refractivity contribution >= 4 is 6.29 Å². The van der Waals surface area contributed by atoms with Gasteiger partial charge in [0.15, 0.2) is 0 Å². The van der Waals surface area contributed by atoms with Gasteiger partial charge in [-0.05, 0) is 48.3 Å². The minimum Gasteiger partial charge on any atom is -0.303 e. The summed E-state index contributed by atoms with van der Waals surface area (Å²) >= 11 is 0. The Kier molecular flexibility index (Phi) is 6.28. The van der Waals surface area contributed by atoms with E-state index in [2.05, 4.69) is 41.5 Å². The maximum absolute atomic E-state index is 10.8. The zero-order valence-electron chi connectivity index (χ0n) is 14.7. The van der Waals surface area contributed by atoms with E-state index in [1.54, 1.807) is 0 Å². The van der Waals surface area contributed by atoms with Crippen molar-refractivity contribution in [2.45, 2.75) is 86.5 Å². The van der Waals surface area contributed by atoms with Crippen molar-refractivity contribution in [3.63, 3.8) is 0 Å². The predicted octanol–water partition coefficient (Wildman–Crippen LogP) is 5.87. The fraction of sp³-hybridized carbons (Fsp3) is 0.947. The molecule has 0 N–H and O–H groups in total. The number of hydrogen-bond donors (Lipinski definition) is 0. The van der Waals surface area contributed by atoms with E-state index in [1.807, 2.05) is 0 Å². The molecule has 118 valence electrons. The number of carbonyl (C=O) groups is 1. The van der Waals surface area contributed by atoms with Crippen LogP contribution in [0.15, 0.2) is 0 Å². The van der Waals surface area contributed by atoms with Crippen LogP contribution in [-0.4, -0.2) is 6.29 Å². The molecule has 3 unspecified atom stereocenters. The second-order valence-corrected chi connectivity index (χ2v) is 8.89. The molecule has 0 saturated heterocycles. The van der Waals surface area contributed by atoms with Gasteiger partial charge in [-0.15, -0.1) is 0 Å². The Hall–Kier alpha value is -0.330. The molecule has 0 amide bonds. The fourth-order valence-corrected chi connectivity index (χ4v) is 4.39. The van der Waals surface area contributed by atoms with Gasteiger partial charge in [-0.2, -0.15) is 0 Å². The standard InChI is InChI=1S/C10H18O.C9H18/c1-8-5-4-6-10(2,3)9(8)7-11;1-8-5-4-6-9(2,3)7-8/h7-9H,4-6H2,1-3H3;8H,4-7H2,1-3H3. The van der Waals surface area contributed by atoms with Crippen LogP contribution in [0.4, 0.5) is 0 Å². The molecule has 0 spiro atoms. The summed E-state index contributed by atoms with van der Waals surface area (Å²) in [5.74, 6) is 1.86. The third-order valence-electron chi connectivity index (χ3n) is 5.59. The largest absolute Gasteiger partial charge is 0.303 e. The van der Waals surface area contributed by atoms with E-state index < -0.39 is 0 Å². The van der Waals surface area contributed by atoms with Gasteiger partial charge in [0, 0.05) is 5.92 Å². The molecule has 2 fully saturated rings. The minimum absolute atomic E-state index is 0.249. The highest BCUT2D eigenvalue weighted by Gasteiger charge is 2.36. The van der Waals surface area contributed by atoms with E-state index in [1.165, 1.54) is 44.9 Å². The summed E-state index contributed by atoms with van der Waals surface area (Å²) in [5.41, 5.74) is 0.900. The maximum Gasteiger partial charge on any atom is 0.123 e. The Morgan fingerprint density at radius 2 is 1.55 bits per heavy atom. The van der Waals surface area contributed by atoms with E-state index in [-0.39, 0.29) is 11.3 Å². The van der Waals surface area contributed by atoms with Gasteiger partial charge in [0.05, 0.1) is 0 Å². The Labute approximate surface area is 126 Å². The van der Waals surface area contributed by atoms with Crippen molar-refractivity contribution in [1.29, 1.82) is 0 Å². The molecule has 2 aliphatic rings. The average Bonchev–Trinajstić information content (AvgIpc) is 2.27. The lowest BCUT2D eigenvalue weighted by Gasteiger charge is -2.39. The van der Waals surface area contributed by atoms with Crippen LogP contribution < -0.4 is 0 Å². The summed E-state index contributed by atoms with van der Waals surface area (Å²) in [5, 5.41) is 0. The van der Waals surface area contributed by atoms with Crippen molar-refractivity contribution in [3.8, 4) is 0 Å². The molecule has 2 saturated carbocycles. The second-order valence-electron chi connectivity index (χ2n) is 8.89. The lowest BCUT2D eigenvalue weighted by atomic mass is 9.65. The molecule has 2 rings (SSSR count). The van der Waals surface area contributed by atoms with E-state index >= 15 is 0 Å². The molecular weight excluding hydrogens is 244 g/mol. The van der Waals surface area contributed by atoms with Crippen LogP contribution in [0, 0.1) is 28.6 Å². The van der Waals surface area contributed by atoms with E-state index in [0.717, 1.165) is 12.2 Å². The first-order chi connectivity index (χ1) is 9.18. The lowest BCUT2D eigenvalue weighted by molar-refractivity contribution is -0.117. The Morgan fingerprint density at radius 1 is 0.950 bits per heavy atom. The highest BCUT2D eigenvalue weighted by Crippen LogP contribution is 2.42. The van der Waals surface area contributed by atoms with Gasteiger partial charge in [-0.1, -0.05) is 60.8 Å². The van der Waals surface area contributed by atoms with Crippen LogP contribution in [0.3, 0.4) is 0 Å². The molecule has 1 nitrogen and oxygen atoms in total. The summed E-state index contributed by atoms with van der Waals surface area (Å²) < 4.78 is 0. The average molecular weight is 280 g/mol. The van der Waals surface area contributed by atoms with Crippen molar-refractivity contribution in [2.75, 3.05) is 0 Å². The molecule has 0 radical (unpaired) electrons.